The summed E-state index contributed by atoms with van der Waals surface area (Å²) in [7, 11) is 0. The second-order valence-electron chi connectivity index (χ2n) is 6.91. The molecule has 0 aliphatic heterocycles. The number of nitrogens with two attached hydrogens (primary N) is 2. The molecule has 0 aromatic rings. The first kappa shape index (κ1) is 26.7. The van der Waals surface area contributed by atoms with Crippen molar-refractivity contribution >= 4 is 5.96 Å². The van der Waals surface area contributed by atoms with E-state index >= 15 is 0 Å². The third kappa shape index (κ3) is 33.9. The highest BCUT2D eigenvalue weighted by molar-refractivity contribution is 5.69. The smallest absolute Gasteiger partial charge is 0.338 e. The fraction of sp³-hybridized carbons (Fsp3) is 0.947. The number of guanidine groups is 1. The summed E-state index contributed by atoms with van der Waals surface area (Å²) in [4.78, 5) is 11.2. The van der Waals surface area contributed by atoms with E-state index in [0.717, 1.165) is 6.54 Å². The van der Waals surface area contributed by atoms with Crippen molar-refractivity contribution in [1.29, 1.82) is 0 Å². The lowest BCUT2D eigenvalue weighted by Crippen LogP contribution is -2.78. The van der Waals surface area contributed by atoms with Gasteiger partial charge in [-0.05, 0) is 6.42 Å². The van der Waals surface area contributed by atoms with Crippen molar-refractivity contribution in [3.63, 3.8) is 0 Å². The fourth-order valence-electron chi connectivity index (χ4n) is 2.91. The number of nitrogens with one attached hydrogen (secondary N) is 1. The van der Waals surface area contributed by atoms with Crippen LogP contribution in [0.4, 0.5) is 0 Å². The van der Waals surface area contributed by atoms with E-state index in [1.807, 2.05) is 0 Å². The third-order valence-electron chi connectivity index (χ3n) is 4.36. The molecule has 0 fully saturated rings. The molecule has 26 heavy (non-hydrogen) atoms. The predicted molar refractivity (Wildman–Crippen MR) is 109 cm³/mol. The Hall–Kier alpha value is -1.53. The summed E-state index contributed by atoms with van der Waals surface area (Å²) < 4.78 is 0. The highest BCUT2D eigenvalue weighted by Crippen LogP contribution is 2.13. The molecular formula is C19H42N4O3. The van der Waals surface area contributed by atoms with Gasteiger partial charge in [0.2, 0.25) is 0 Å². The first-order valence-corrected chi connectivity index (χ1v) is 10.4. The van der Waals surface area contributed by atoms with Crippen molar-refractivity contribution in [2.45, 2.75) is 110 Å². The van der Waals surface area contributed by atoms with E-state index in [0.29, 0.717) is 5.96 Å². The Bertz CT molecular complexity index is 318. The lowest BCUT2D eigenvalue weighted by molar-refractivity contribution is -0.459. The van der Waals surface area contributed by atoms with Crippen LogP contribution in [-0.2, 0) is 0 Å². The molecule has 0 rings (SSSR count). The van der Waals surface area contributed by atoms with Crippen molar-refractivity contribution in [2.75, 3.05) is 6.54 Å². The summed E-state index contributed by atoms with van der Waals surface area (Å²) in [5, 5.41) is 14.8. The molecule has 0 amide bonds. The highest BCUT2D eigenvalue weighted by Gasteiger charge is 1.94. The predicted octanol–water partition coefficient (Wildman–Crippen LogP) is 3.36. The Morgan fingerprint density at radius 3 is 1.23 bits per heavy atom. The van der Waals surface area contributed by atoms with Crippen molar-refractivity contribution in [3.8, 4) is 0 Å². The summed E-state index contributed by atoms with van der Waals surface area (Å²) in [5.41, 5.74) is 10.7. The molecule has 0 spiro atoms. The summed E-state index contributed by atoms with van der Waals surface area (Å²) >= 11 is 0. The van der Waals surface area contributed by atoms with Crippen molar-refractivity contribution < 1.29 is 10.1 Å². The molecule has 0 atom stereocenters. The van der Waals surface area contributed by atoms with E-state index in [1.54, 1.807) is 0 Å². The molecule has 0 unspecified atom stereocenters. The summed E-state index contributed by atoms with van der Waals surface area (Å²) in [6.45, 7) is 3.20. The number of hydrogen-bond donors (Lipinski definition) is 3. The summed E-state index contributed by atoms with van der Waals surface area (Å²) in [5.74, 6) is 0.348. The SMILES string of the molecule is CCCCCCCCCCCCCCCCCC[NH+]=C(N)N.O=[N+]([O-])[O-]. The minimum absolute atomic E-state index is 0.348. The molecule has 0 radical (unpaired) electrons. The molecule has 0 heterocycles. The van der Waals surface area contributed by atoms with Gasteiger partial charge in [0.1, 0.15) is 0 Å². The van der Waals surface area contributed by atoms with Gasteiger partial charge >= 0.3 is 5.96 Å². The van der Waals surface area contributed by atoms with Gasteiger partial charge in [-0.1, -0.05) is 103 Å². The number of unbranched alkanes of at least 4 members (excludes halogenated alkanes) is 15. The Labute approximate surface area is 159 Å². The van der Waals surface area contributed by atoms with Crippen LogP contribution in [0.1, 0.15) is 110 Å². The lowest BCUT2D eigenvalue weighted by Gasteiger charge is -2.03. The first-order chi connectivity index (χ1) is 12.5. The maximum Gasteiger partial charge on any atom is 0.338 e. The third-order valence-corrected chi connectivity index (χ3v) is 4.36. The molecule has 0 aromatic heterocycles. The van der Waals surface area contributed by atoms with Crippen LogP contribution < -0.4 is 16.5 Å². The van der Waals surface area contributed by atoms with Crippen molar-refractivity contribution in [3.05, 3.63) is 15.3 Å². The molecular weight excluding hydrogens is 332 g/mol. The molecule has 7 heteroatoms. The van der Waals surface area contributed by atoms with Gasteiger partial charge in [0, 0.05) is 0 Å². The molecule has 0 bridgehead atoms. The largest absolute Gasteiger partial charge is 0.356 e. The van der Waals surface area contributed by atoms with Gasteiger partial charge in [-0.25, -0.2) is 0 Å². The van der Waals surface area contributed by atoms with E-state index in [9.17, 15) is 0 Å². The summed E-state index contributed by atoms with van der Waals surface area (Å²) in [6, 6.07) is 0. The highest BCUT2D eigenvalue weighted by atomic mass is 16.9. The topological polar surface area (TPSA) is 132 Å². The molecule has 0 aromatic carbocycles. The zero-order chi connectivity index (χ0) is 19.9. The number of rotatable bonds is 17. The lowest BCUT2D eigenvalue weighted by atomic mass is 10.0. The van der Waals surface area contributed by atoms with Crippen LogP contribution in [0.2, 0.25) is 0 Å². The van der Waals surface area contributed by atoms with E-state index in [2.05, 4.69) is 11.9 Å². The summed E-state index contributed by atoms with van der Waals surface area (Å²) in [6.07, 6.45) is 22.5. The number of nitrogens with zero attached hydrogens (tertiary/aromatic N) is 1. The maximum absolute atomic E-state index is 8.25. The van der Waals surface area contributed by atoms with E-state index in [1.165, 1.54) is 103 Å². The minimum Gasteiger partial charge on any atom is -0.356 e. The van der Waals surface area contributed by atoms with Crippen LogP contribution >= 0.6 is 0 Å². The van der Waals surface area contributed by atoms with Crippen LogP contribution in [-0.4, -0.2) is 17.6 Å². The Morgan fingerprint density at radius 1 is 0.692 bits per heavy atom. The molecule has 0 saturated carbocycles. The van der Waals surface area contributed by atoms with E-state index in [4.69, 9.17) is 26.8 Å². The molecule has 156 valence electrons. The normalized spacial score (nSPS) is 10.0. The van der Waals surface area contributed by atoms with Crippen LogP contribution in [0.15, 0.2) is 0 Å². The zero-order valence-electron chi connectivity index (χ0n) is 16.8. The van der Waals surface area contributed by atoms with Crippen LogP contribution in [0.25, 0.3) is 0 Å². The molecule has 0 saturated heterocycles. The Balaban J connectivity index is 0. The Kier molecular flexibility index (Phi) is 24.1. The standard InChI is InChI=1S/C19H41N3.NO3/c1-2-3-4-5-6-7-8-9-10-11-12-13-14-15-16-17-18-22-19(20)21;2-1(3)4/h2-18H2,1H3,(H4,20,21,22);/q;-1/p+1. The van der Waals surface area contributed by atoms with Crippen molar-refractivity contribution in [2.24, 2.45) is 11.5 Å². The van der Waals surface area contributed by atoms with E-state index < -0.39 is 5.09 Å². The van der Waals surface area contributed by atoms with Gasteiger partial charge in [-0.15, -0.1) is 0 Å². The fourth-order valence-corrected chi connectivity index (χ4v) is 2.91. The second kappa shape index (κ2) is 23.5. The van der Waals surface area contributed by atoms with Gasteiger partial charge in [0.05, 0.1) is 11.6 Å². The van der Waals surface area contributed by atoms with Gasteiger partial charge in [-0.2, -0.15) is 0 Å². The average molecular weight is 375 g/mol. The molecule has 7 nitrogen and oxygen atoms in total. The van der Waals surface area contributed by atoms with Gasteiger partial charge < -0.3 is 15.3 Å². The van der Waals surface area contributed by atoms with Crippen molar-refractivity contribution in [1.82, 2.24) is 0 Å². The van der Waals surface area contributed by atoms with Crippen LogP contribution in [0.5, 0.6) is 0 Å². The average Bonchev–Trinajstić information content (AvgIpc) is 2.57. The van der Waals surface area contributed by atoms with Gasteiger partial charge in [0.15, 0.2) is 0 Å². The second-order valence-corrected chi connectivity index (χ2v) is 6.91. The zero-order valence-corrected chi connectivity index (χ0v) is 16.8. The molecule has 5 N–H and O–H groups in total. The molecule has 0 aliphatic rings. The Morgan fingerprint density at radius 2 is 0.962 bits per heavy atom. The minimum atomic E-state index is -1.75. The quantitative estimate of drug-likeness (QED) is 0.118. The number of hydrogen-bond acceptors (Lipinski definition) is 3. The van der Waals surface area contributed by atoms with Gasteiger partial charge in [-0.3, -0.25) is 16.5 Å². The monoisotopic (exact) mass is 374 g/mol. The van der Waals surface area contributed by atoms with Gasteiger partial charge in [0.25, 0.3) is 0 Å². The first-order valence-electron chi connectivity index (χ1n) is 10.4. The van der Waals surface area contributed by atoms with E-state index in [-0.39, 0.29) is 0 Å². The maximum atomic E-state index is 8.25. The van der Waals surface area contributed by atoms with Crippen LogP contribution in [0.3, 0.4) is 0 Å². The van der Waals surface area contributed by atoms with Crippen LogP contribution in [0, 0.1) is 15.3 Å². The molecule has 0 aliphatic carbocycles.